The predicted octanol–water partition coefficient (Wildman–Crippen LogP) is 2.33. The number of hydrogen-bond acceptors (Lipinski definition) is 4. The Kier molecular flexibility index (Phi) is 5.79. The lowest BCUT2D eigenvalue weighted by molar-refractivity contribution is 0.102. The average Bonchev–Trinajstić information content (AvgIpc) is 3.17. The van der Waals surface area contributed by atoms with E-state index in [-0.39, 0.29) is 18.3 Å². The molecule has 2 aromatic heterocycles. The molecule has 126 valence electrons. The van der Waals surface area contributed by atoms with E-state index in [1.807, 2.05) is 16.9 Å². The Morgan fingerprint density at radius 1 is 1.48 bits per heavy atom. The molecule has 1 unspecified atom stereocenters. The average molecular weight is 339 g/mol. The number of hydrogen-bond donors (Lipinski definition) is 3. The van der Waals surface area contributed by atoms with Gasteiger partial charge in [0.15, 0.2) is 11.5 Å². The molecule has 23 heavy (non-hydrogen) atoms. The minimum atomic E-state index is -0.232. The SMILES string of the molecule is CC(C)c1cc(NC(=O)c2ccn(C3CCCNC3)n2)n[nH]1.Cl. The fraction of sp³-hybridized carbons (Fsp3) is 0.533. The second kappa shape index (κ2) is 7.61. The zero-order valence-corrected chi connectivity index (χ0v) is 14.2. The molecule has 0 bridgehead atoms. The van der Waals surface area contributed by atoms with E-state index in [1.165, 1.54) is 0 Å². The van der Waals surface area contributed by atoms with Crippen molar-refractivity contribution in [2.24, 2.45) is 0 Å². The summed E-state index contributed by atoms with van der Waals surface area (Å²) in [5, 5.41) is 17.5. The molecule has 1 fully saturated rings. The predicted molar refractivity (Wildman–Crippen MR) is 91.2 cm³/mol. The summed E-state index contributed by atoms with van der Waals surface area (Å²) >= 11 is 0. The third-order valence-corrected chi connectivity index (χ3v) is 3.95. The van der Waals surface area contributed by atoms with Crippen molar-refractivity contribution in [2.75, 3.05) is 18.4 Å². The van der Waals surface area contributed by atoms with Gasteiger partial charge in [-0.2, -0.15) is 10.2 Å². The smallest absolute Gasteiger partial charge is 0.277 e. The summed E-state index contributed by atoms with van der Waals surface area (Å²) in [6, 6.07) is 3.93. The molecule has 1 amide bonds. The van der Waals surface area contributed by atoms with Crippen molar-refractivity contribution in [3.63, 3.8) is 0 Å². The van der Waals surface area contributed by atoms with Crippen LogP contribution in [0, 0.1) is 0 Å². The van der Waals surface area contributed by atoms with E-state index in [0.29, 0.717) is 23.5 Å². The molecule has 7 nitrogen and oxygen atoms in total. The molecular formula is C15H23ClN6O. The highest BCUT2D eigenvalue weighted by Crippen LogP contribution is 2.17. The molecule has 0 aliphatic carbocycles. The van der Waals surface area contributed by atoms with Crippen LogP contribution in [-0.2, 0) is 0 Å². The van der Waals surface area contributed by atoms with Crippen LogP contribution < -0.4 is 10.6 Å². The number of nitrogens with zero attached hydrogens (tertiary/aromatic N) is 3. The summed E-state index contributed by atoms with van der Waals surface area (Å²) in [5.74, 6) is 0.642. The number of carbonyl (C=O) groups is 1. The first-order chi connectivity index (χ1) is 10.6. The lowest BCUT2D eigenvalue weighted by Gasteiger charge is -2.22. The Hall–Kier alpha value is -1.86. The number of anilines is 1. The normalized spacial score (nSPS) is 17.8. The fourth-order valence-electron chi connectivity index (χ4n) is 2.60. The molecule has 0 saturated carbocycles. The van der Waals surface area contributed by atoms with Crippen molar-refractivity contribution in [3.8, 4) is 0 Å². The van der Waals surface area contributed by atoms with E-state index in [1.54, 1.807) is 6.07 Å². The molecule has 1 saturated heterocycles. The fourth-order valence-corrected chi connectivity index (χ4v) is 2.60. The molecule has 1 aliphatic rings. The van der Waals surface area contributed by atoms with E-state index >= 15 is 0 Å². The maximum Gasteiger partial charge on any atom is 0.277 e. The van der Waals surface area contributed by atoms with Gasteiger partial charge in [0.2, 0.25) is 0 Å². The van der Waals surface area contributed by atoms with Gasteiger partial charge in [0.05, 0.1) is 6.04 Å². The first-order valence-corrected chi connectivity index (χ1v) is 7.76. The lowest BCUT2D eigenvalue weighted by atomic mass is 10.1. The Balaban J connectivity index is 0.00000192. The highest BCUT2D eigenvalue weighted by atomic mass is 35.5. The molecule has 3 heterocycles. The van der Waals surface area contributed by atoms with Crippen molar-refractivity contribution in [2.45, 2.75) is 38.6 Å². The van der Waals surface area contributed by atoms with Gasteiger partial charge < -0.3 is 10.6 Å². The minimum Gasteiger partial charge on any atom is -0.315 e. The molecule has 3 N–H and O–H groups in total. The summed E-state index contributed by atoms with van der Waals surface area (Å²) in [4.78, 5) is 12.2. The van der Waals surface area contributed by atoms with Gasteiger partial charge in [0, 0.05) is 24.5 Å². The van der Waals surface area contributed by atoms with Crippen LogP contribution in [0.1, 0.15) is 54.8 Å². The topological polar surface area (TPSA) is 87.6 Å². The maximum absolute atomic E-state index is 12.2. The maximum atomic E-state index is 12.2. The first-order valence-electron chi connectivity index (χ1n) is 7.76. The summed E-state index contributed by atoms with van der Waals surface area (Å²) in [6.07, 6.45) is 4.10. The lowest BCUT2D eigenvalue weighted by Crippen LogP contribution is -2.32. The number of rotatable bonds is 4. The van der Waals surface area contributed by atoms with Crippen LogP contribution in [0.2, 0.25) is 0 Å². The van der Waals surface area contributed by atoms with Crippen LogP contribution in [0.15, 0.2) is 18.3 Å². The third-order valence-electron chi connectivity index (χ3n) is 3.95. The van der Waals surface area contributed by atoms with E-state index < -0.39 is 0 Å². The quantitative estimate of drug-likeness (QED) is 0.798. The van der Waals surface area contributed by atoms with Crippen molar-refractivity contribution in [1.29, 1.82) is 0 Å². The van der Waals surface area contributed by atoms with Gasteiger partial charge in [-0.3, -0.25) is 14.6 Å². The van der Waals surface area contributed by atoms with Crippen LogP contribution in [0.5, 0.6) is 0 Å². The van der Waals surface area contributed by atoms with Gasteiger partial charge in [-0.25, -0.2) is 0 Å². The van der Waals surface area contributed by atoms with E-state index in [2.05, 4.69) is 39.8 Å². The van der Waals surface area contributed by atoms with Crippen molar-refractivity contribution < 1.29 is 4.79 Å². The number of amides is 1. The number of H-pyrrole nitrogens is 1. The highest BCUT2D eigenvalue weighted by molar-refractivity contribution is 6.02. The van der Waals surface area contributed by atoms with Gasteiger partial charge in [0.25, 0.3) is 5.91 Å². The summed E-state index contributed by atoms with van der Waals surface area (Å²) in [5.41, 5.74) is 1.41. The number of nitrogens with one attached hydrogen (secondary N) is 3. The minimum absolute atomic E-state index is 0. The summed E-state index contributed by atoms with van der Waals surface area (Å²) < 4.78 is 1.88. The summed E-state index contributed by atoms with van der Waals surface area (Å²) in [6.45, 7) is 6.10. The zero-order valence-electron chi connectivity index (χ0n) is 13.4. The first kappa shape index (κ1) is 17.5. The second-order valence-electron chi connectivity index (χ2n) is 6.00. The molecule has 0 aromatic carbocycles. The van der Waals surface area contributed by atoms with E-state index in [4.69, 9.17) is 0 Å². The molecule has 8 heteroatoms. The van der Waals surface area contributed by atoms with Gasteiger partial charge in [-0.15, -0.1) is 12.4 Å². The number of piperidine rings is 1. The van der Waals surface area contributed by atoms with Crippen LogP contribution in [-0.4, -0.2) is 39.0 Å². The van der Waals surface area contributed by atoms with E-state index in [0.717, 1.165) is 31.6 Å². The number of aromatic amines is 1. The van der Waals surface area contributed by atoms with Gasteiger partial charge in [0.1, 0.15) is 0 Å². The number of carbonyl (C=O) groups excluding carboxylic acids is 1. The van der Waals surface area contributed by atoms with E-state index in [9.17, 15) is 4.79 Å². The van der Waals surface area contributed by atoms with Crippen LogP contribution in [0.4, 0.5) is 5.82 Å². The highest BCUT2D eigenvalue weighted by Gasteiger charge is 2.18. The molecule has 0 spiro atoms. The third kappa shape index (κ3) is 4.11. The van der Waals surface area contributed by atoms with Crippen molar-refractivity contribution in [3.05, 3.63) is 29.7 Å². The van der Waals surface area contributed by atoms with Gasteiger partial charge in [-0.05, 0) is 31.4 Å². The Morgan fingerprint density at radius 2 is 2.30 bits per heavy atom. The second-order valence-corrected chi connectivity index (χ2v) is 6.00. The van der Waals surface area contributed by atoms with Crippen LogP contribution >= 0.6 is 12.4 Å². The van der Waals surface area contributed by atoms with Crippen LogP contribution in [0.3, 0.4) is 0 Å². The van der Waals surface area contributed by atoms with Crippen molar-refractivity contribution >= 4 is 24.1 Å². The van der Waals surface area contributed by atoms with Gasteiger partial charge in [-0.1, -0.05) is 13.8 Å². The molecule has 1 aliphatic heterocycles. The molecule has 3 rings (SSSR count). The molecule has 0 radical (unpaired) electrons. The molecular weight excluding hydrogens is 316 g/mol. The Bertz CT molecular complexity index is 644. The van der Waals surface area contributed by atoms with Crippen molar-refractivity contribution in [1.82, 2.24) is 25.3 Å². The largest absolute Gasteiger partial charge is 0.315 e. The number of halogens is 1. The summed E-state index contributed by atoms with van der Waals surface area (Å²) in [7, 11) is 0. The molecule has 2 aromatic rings. The monoisotopic (exact) mass is 338 g/mol. The molecule has 1 atom stereocenters. The Labute approximate surface area is 141 Å². The number of aromatic nitrogens is 4. The van der Waals surface area contributed by atoms with Crippen LogP contribution in [0.25, 0.3) is 0 Å². The standard InChI is InChI=1S/C15H22N6O.ClH/c1-10(2)13-8-14(19-18-13)17-15(22)12-5-7-21(20-12)11-4-3-6-16-9-11;/h5,7-8,10-11,16H,3-4,6,9H2,1-2H3,(H2,17,18,19,22);1H. The van der Waals surface area contributed by atoms with Gasteiger partial charge >= 0.3 is 0 Å². The Morgan fingerprint density at radius 3 is 2.96 bits per heavy atom. The zero-order chi connectivity index (χ0) is 15.5.